The highest BCUT2D eigenvalue weighted by Gasteiger charge is 2.28. The second-order valence-electron chi connectivity index (χ2n) is 7.61. The first-order valence-electron chi connectivity index (χ1n) is 8.51. The van der Waals surface area contributed by atoms with Crippen molar-refractivity contribution in [3.8, 4) is 0 Å². The monoisotopic (exact) mass is 297 g/mol. The van der Waals surface area contributed by atoms with Crippen molar-refractivity contribution >= 4 is 5.91 Å². The predicted molar refractivity (Wildman–Crippen MR) is 89.1 cm³/mol. The first kappa shape index (κ1) is 18.4. The number of nitrogens with one attached hydrogen (secondary N) is 1. The molecular weight excluding hydrogens is 262 g/mol. The molecule has 1 aliphatic rings. The maximum atomic E-state index is 12.3. The molecule has 0 aromatic rings. The lowest BCUT2D eigenvalue weighted by atomic mass is 9.78. The van der Waals surface area contributed by atoms with Gasteiger partial charge in [0.05, 0.1) is 6.54 Å². The molecule has 0 heterocycles. The molecule has 1 amide bonds. The Morgan fingerprint density at radius 1 is 1.33 bits per heavy atom. The first-order valence-corrected chi connectivity index (χ1v) is 8.51. The average molecular weight is 297 g/mol. The van der Waals surface area contributed by atoms with Crippen molar-refractivity contribution in [1.82, 2.24) is 10.2 Å². The van der Waals surface area contributed by atoms with Crippen LogP contribution in [0.15, 0.2) is 0 Å². The minimum atomic E-state index is 0.0585. The van der Waals surface area contributed by atoms with E-state index in [2.05, 4.69) is 44.8 Å². The molecule has 4 heteroatoms. The van der Waals surface area contributed by atoms with Crippen LogP contribution >= 0.6 is 0 Å². The summed E-state index contributed by atoms with van der Waals surface area (Å²) in [6.07, 6.45) is 3.64. The number of carbonyl (C=O) groups excluding carboxylic acids is 1. The molecule has 4 nitrogen and oxygen atoms in total. The molecule has 0 aliphatic heterocycles. The van der Waals surface area contributed by atoms with Gasteiger partial charge in [0.1, 0.15) is 0 Å². The fraction of sp³-hybridized carbons (Fsp3) is 0.941. The lowest BCUT2D eigenvalue weighted by Gasteiger charge is -2.35. The van der Waals surface area contributed by atoms with E-state index in [1.54, 1.807) is 0 Å². The first-order chi connectivity index (χ1) is 9.79. The van der Waals surface area contributed by atoms with Gasteiger partial charge in [0, 0.05) is 12.6 Å². The number of hydrogen-bond donors (Lipinski definition) is 2. The molecular formula is C17H35N3O. The summed E-state index contributed by atoms with van der Waals surface area (Å²) >= 11 is 0. The molecule has 21 heavy (non-hydrogen) atoms. The molecule has 1 rings (SSSR count). The van der Waals surface area contributed by atoms with Crippen LogP contribution in [0.2, 0.25) is 0 Å². The number of rotatable bonds is 7. The molecule has 1 fully saturated rings. The highest BCUT2D eigenvalue weighted by atomic mass is 16.2. The Kier molecular flexibility index (Phi) is 7.14. The zero-order valence-electron chi connectivity index (χ0n) is 14.6. The Bertz CT molecular complexity index is 330. The van der Waals surface area contributed by atoms with Gasteiger partial charge >= 0.3 is 0 Å². The quantitative estimate of drug-likeness (QED) is 0.757. The van der Waals surface area contributed by atoms with Crippen LogP contribution in [0.3, 0.4) is 0 Å². The second kappa shape index (κ2) is 8.14. The fourth-order valence-electron chi connectivity index (χ4n) is 3.19. The Labute approximate surface area is 130 Å². The third kappa shape index (κ3) is 5.95. The molecule has 124 valence electrons. The van der Waals surface area contributed by atoms with Crippen LogP contribution < -0.4 is 11.1 Å². The number of nitrogens with zero attached hydrogens (tertiary/aromatic N) is 1. The van der Waals surface area contributed by atoms with E-state index >= 15 is 0 Å². The van der Waals surface area contributed by atoms with E-state index in [0.29, 0.717) is 31.0 Å². The third-order valence-corrected chi connectivity index (χ3v) is 5.07. The van der Waals surface area contributed by atoms with E-state index in [9.17, 15) is 4.79 Å². The van der Waals surface area contributed by atoms with E-state index in [-0.39, 0.29) is 11.3 Å². The van der Waals surface area contributed by atoms with Gasteiger partial charge in [-0.1, -0.05) is 47.5 Å². The van der Waals surface area contributed by atoms with Crippen molar-refractivity contribution in [3.05, 3.63) is 0 Å². The highest BCUT2D eigenvalue weighted by molar-refractivity contribution is 5.78. The minimum Gasteiger partial charge on any atom is -0.352 e. The average Bonchev–Trinajstić information content (AvgIpc) is 2.43. The van der Waals surface area contributed by atoms with Crippen LogP contribution in [0.5, 0.6) is 0 Å². The summed E-state index contributed by atoms with van der Waals surface area (Å²) in [4.78, 5) is 14.5. The van der Waals surface area contributed by atoms with Crippen molar-refractivity contribution in [2.75, 3.05) is 26.2 Å². The second-order valence-corrected chi connectivity index (χ2v) is 7.61. The molecule has 0 spiro atoms. The van der Waals surface area contributed by atoms with Crippen molar-refractivity contribution < 1.29 is 4.79 Å². The molecule has 0 saturated heterocycles. The van der Waals surface area contributed by atoms with E-state index in [1.807, 2.05) is 0 Å². The normalized spacial score (nSPS) is 26.9. The smallest absolute Gasteiger partial charge is 0.234 e. The van der Waals surface area contributed by atoms with E-state index in [4.69, 9.17) is 5.73 Å². The lowest BCUT2D eigenvalue weighted by Crippen LogP contribution is -2.49. The summed E-state index contributed by atoms with van der Waals surface area (Å²) < 4.78 is 0. The topological polar surface area (TPSA) is 58.4 Å². The maximum absolute atomic E-state index is 12.3. The van der Waals surface area contributed by atoms with Gasteiger partial charge in [-0.3, -0.25) is 9.69 Å². The van der Waals surface area contributed by atoms with E-state index < -0.39 is 0 Å². The van der Waals surface area contributed by atoms with Crippen molar-refractivity contribution in [2.45, 2.75) is 59.9 Å². The van der Waals surface area contributed by atoms with Gasteiger partial charge in [-0.25, -0.2) is 0 Å². The summed E-state index contributed by atoms with van der Waals surface area (Å²) in [5, 5.41) is 3.26. The summed E-state index contributed by atoms with van der Waals surface area (Å²) in [6.45, 7) is 13.8. The number of hydrogen-bond acceptors (Lipinski definition) is 3. The molecule has 3 N–H and O–H groups in total. The van der Waals surface area contributed by atoms with Crippen molar-refractivity contribution in [3.63, 3.8) is 0 Å². The van der Waals surface area contributed by atoms with Crippen LogP contribution in [-0.2, 0) is 4.79 Å². The molecule has 3 atom stereocenters. The molecule has 0 aromatic heterocycles. The van der Waals surface area contributed by atoms with Crippen LogP contribution in [0.25, 0.3) is 0 Å². The van der Waals surface area contributed by atoms with Crippen LogP contribution in [-0.4, -0.2) is 43.0 Å². The molecule has 3 unspecified atom stereocenters. The summed E-state index contributed by atoms with van der Waals surface area (Å²) in [5.41, 5.74) is 5.85. The SMILES string of the molecule is CCN(CC(=O)NC1CCCC(C)C1C)CC(C)(C)CN. The molecule has 0 radical (unpaired) electrons. The van der Waals surface area contributed by atoms with Gasteiger partial charge in [0.25, 0.3) is 0 Å². The van der Waals surface area contributed by atoms with Gasteiger partial charge in [-0.05, 0) is 36.8 Å². The number of amides is 1. The fourth-order valence-corrected chi connectivity index (χ4v) is 3.19. The largest absolute Gasteiger partial charge is 0.352 e. The third-order valence-electron chi connectivity index (χ3n) is 5.07. The Balaban J connectivity index is 2.47. The predicted octanol–water partition coefficient (Wildman–Crippen LogP) is 2.23. The molecule has 1 aliphatic carbocycles. The summed E-state index contributed by atoms with van der Waals surface area (Å²) in [7, 11) is 0. The lowest BCUT2D eigenvalue weighted by molar-refractivity contribution is -0.124. The van der Waals surface area contributed by atoms with Gasteiger partial charge in [0.15, 0.2) is 0 Å². The zero-order valence-corrected chi connectivity index (χ0v) is 14.6. The van der Waals surface area contributed by atoms with Gasteiger partial charge in [-0.15, -0.1) is 0 Å². The van der Waals surface area contributed by atoms with Crippen LogP contribution in [0, 0.1) is 17.3 Å². The van der Waals surface area contributed by atoms with E-state index in [0.717, 1.165) is 19.5 Å². The number of likely N-dealkylation sites (N-methyl/N-ethyl adjacent to an activating group) is 1. The summed E-state index contributed by atoms with van der Waals surface area (Å²) in [6, 6.07) is 0.350. The van der Waals surface area contributed by atoms with Gasteiger partial charge < -0.3 is 11.1 Å². The number of nitrogens with two attached hydrogens (primary N) is 1. The molecule has 0 bridgehead atoms. The molecule has 0 aromatic carbocycles. The van der Waals surface area contributed by atoms with Crippen molar-refractivity contribution in [2.24, 2.45) is 23.0 Å². The van der Waals surface area contributed by atoms with Crippen LogP contribution in [0.1, 0.15) is 53.9 Å². The van der Waals surface area contributed by atoms with Gasteiger partial charge in [-0.2, -0.15) is 0 Å². The Morgan fingerprint density at radius 3 is 2.57 bits per heavy atom. The Morgan fingerprint density at radius 2 is 2.00 bits per heavy atom. The highest BCUT2D eigenvalue weighted by Crippen LogP contribution is 2.29. The van der Waals surface area contributed by atoms with E-state index in [1.165, 1.54) is 12.8 Å². The molecule has 1 saturated carbocycles. The maximum Gasteiger partial charge on any atom is 0.234 e. The standard InChI is InChI=1S/C17H35N3O/c1-6-20(12-17(4,5)11-18)10-16(21)19-15-9-7-8-13(2)14(15)3/h13-15H,6-12,18H2,1-5H3,(H,19,21). The summed E-state index contributed by atoms with van der Waals surface area (Å²) in [5.74, 6) is 1.45. The number of carbonyl (C=O) groups is 1. The minimum absolute atomic E-state index is 0.0585. The van der Waals surface area contributed by atoms with Crippen molar-refractivity contribution in [1.29, 1.82) is 0 Å². The Hall–Kier alpha value is -0.610. The van der Waals surface area contributed by atoms with Crippen LogP contribution in [0.4, 0.5) is 0 Å². The zero-order chi connectivity index (χ0) is 16.0. The van der Waals surface area contributed by atoms with Gasteiger partial charge in [0.2, 0.25) is 5.91 Å².